The number of nitrogens with one attached hydrogen (secondary N) is 1. The van der Waals surface area contributed by atoms with Crippen LogP contribution in [0.1, 0.15) is 42.3 Å². The molecule has 3 aromatic carbocycles. The summed E-state index contributed by atoms with van der Waals surface area (Å²) >= 11 is 0. The normalized spacial score (nSPS) is 12.4. The van der Waals surface area contributed by atoms with Gasteiger partial charge in [-0.1, -0.05) is 69.3 Å². The van der Waals surface area contributed by atoms with Crippen LogP contribution in [0.25, 0.3) is 22.5 Å². The van der Waals surface area contributed by atoms with Gasteiger partial charge >= 0.3 is 12.3 Å². The molecule has 4 rings (SSSR count). The molecular weight excluding hydrogens is 535 g/mol. The van der Waals surface area contributed by atoms with Crippen LogP contribution < -0.4 is 10.1 Å². The monoisotopic (exact) mass is 563 g/mol. The van der Waals surface area contributed by atoms with Crippen molar-refractivity contribution in [2.75, 3.05) is 0 Å². The van der Waals surface area contributed by atoms with Gasteiger partial charge in [0.05, 0.1) is 0 Å². The highest BCUT2D eigenvalue weighted by atomic mass is 19.4. The Balaban J connectivity index is 1.39. The fourth-order valence-corrected chi connectivity index (χ4v) is 4.06. The van der Waals surface area contributed by atoms with E-state index in [1.54, 1.807) is 36.7 Å². The summed E-state index contributed by atoms with van der Waals surface area (Å²) in [4.78, 5) is 33.3. The molecule has 0 aliphatic carbocycles. The van der Waals surface area contributed by atoms with Crippen LogP contribution in [-0.2, 0) is 16.6 Å². The van der Waals surface area contributed by atoms with E-state index < -0.39 is 30.0 Å². The average Bonchev–Trinajstić information content (AvgIpc) is 2.92. The maximum Gasteiger partial charge on any atom is 0.573 e. The molecule has 2 N–H and O–H groups in total. The first-order valence-electron chi connectivity index (χ1n) is 12.7. The van der Waals surface area contributed by atoms with Crippen molar-refractivity contribution in [1.82, 2.24) is 15.3 Å². The number of aromatic nitrogens is 2. The number of ether oxygens (including phenoxy) is 1. The summed E-state index contributed by atoms with van der Waals surface area (Å²) < 4.78 is 40.8. The standard InChI is InChI=1S/C31H28F3N3O4/c1-30(2,3)24-12-8-20(9-13-24)23-17-35-27(36-18-23)21-6-4-19(5-7-21)16-26(29(39)40)37-28(38)22-10-14-25(15-11-22)41-31(32,33)34/h4-15,17-18,26H,16H2,1-3H3,(H,37,38)(H,39,40)/t26-/m0/s1. The first-order chi connectivity index (χ1) is 19.3. The van der Waals surface area contributed by atoms with Gasteiger partial charge in [0.15, 0.2) is 5.82 Å². The zero-order valence-corrected chi connectivity index (χ0v) is 22.6. The second-order valence-corrected chi connectivity index (χ2v) is 10.5. The van der Waals surface area contributed by atoms with Gasteiger partial charge in [0, 0.05) is 35.5 Å². The highest BCUT2D eigenvalue weighted by Gasteiger charge is 2.31. The number of hydrogen-bond acceptors (Lipinski definition) is 5. The average molecular weight is 564 g/mol. The van der Waals surface area contributed by atoms with Crippen molar-refractivity contribution in [3.63, 3.8) is 0 Å². The predicted octanol–water partition coefficient (Wildman–Crippen LogP) is 6.43. The molecular formula is C31H28F3N3O4. The summed E-state index contributed by atoms with van der Waals surface area (Å²) in [5.41, 5.74) is 4.56. The summed E-state index contributed by atoms with van der Waals surface area (Å²) in [7, 11) is 0. The highest BCUT2D eigenvalue weighted by Crippen LogP contribution is 2.27. The molecule has 1 aromatic heterocycles. The van der Waals surface area contributed by atoms with E-state index in [-0.39, 0.29) is 17.4 Å². The van der Waals surface area contributed by atoms with E-state index in [0.29, 0.717) is 11.4 Å². The maximum atomic E-state index is 12.5. The topological polar surface area (TPSA) is 101 Å². The molecule has 0 unspecified atom stereocenters. The van der Waals surface area contributed by atoms with Gasteiger partial charge in [0.25, 0.3) is 5.91 Å². The van der Waals surface area contributed by atoms with Crippen LogP contribution in [0.15, 0.2) is 85.2 Å². The molecule has 0 aliphatic heterocycles. The number of carbonyl (C=O) groups is 2. The van der Waals surface area contributed by atoms with Crippen molar-refractivity contribution in [3.05, 3.63) is 102 Å². The number of amides is 1. The highest BCUT2D eigenvalue weighted by molar-refractivity contribution is 5.96. The zero-order valence-electron chi connectivity index (χ0n) is 22.6. The molecule has 0 saturated carbocycles. The number of aliphatic carboxylic acids is 1. The fraction of sp³-hybridized carbons (Fsp3) is 0.226. The third-order valence-corrected chi connectivity index (χ3v) is 6.34. The lowest BCUT2D eigenvalue weighted by molar-refractivity contribution is -0.274. The summed E-state index contributed by atoms with van der Waals surface area (Å²) in [5.74, 6) is -1.98. The number of halogens is 3. The number of rotatable bonds is 8. The van der Waals surface area contributed by atoms with Crippen molar-refractivity contribution >= 4 is 11.9 Å². The Morgan fingerprint density at radius 2 is 1.39 bits per heavy atom. The Morgan fingerprint density at radius 3 is 1.90 bits per heavy atom. The van der Waals surface area contributed by atoms with Crippen molar-refractivity contribution in [2.24, 2.45) is 0 Å². The van der Waals surface area contributed by atoms with E-state index in [1.807, 2.05) is 12.1 Å². The third kappa shape index (κ3) is 7.91. The Labute approximate surface area is 235 Å². The summed E-state index contributed by atoms with van der Waals surface area (Å²) in [6, 6.07) is 18.2. The predicted molar refractivity (Wildman–Crippen MR) is 147 cm³/mol. The SMILES string of the molecule is CC(C)(C)c1ccc(-c2cnc(-c3ccc(C[C@H](NC(=O)c4ccc(OC(F)(F)F)cc4)C(=O)O)cc3)nc2)cc1. The van der Waals surface area contributed by atoms with E-state index in [1.165, 1.54) is 5.56 Å². The van der Waals surface area contributed by atoms with Crippen LogP contribution in [0.3, 0.4) is 0 Å². The van der Waals surface area contributed by atoms with Crippen LogP contribution in [-0.4, -0.2) is 39.4 Å². The van der Waals surface area contributed by atoms with E-state index in [4.69, 9.17) is 0 Å². The molecule has 212 valence electrons. The molecule has 10 heteroatoms. The molecule has 0 spiro atoms. The Hall–Kier alpha value is -4.73. The van der Waals surface area contributed by atoms with E-state index in [9.17, 15) is 27.9 Å². The summed E-state index contributed by atoms with van der Waals surface area (Å²) in [5, 5.41) is 12.0. The number of carboxylic acid groups (broad SMARTS) is 1. The zero-order chi connectivity index (χ0) is 29.8. The van der Waals surface area contributed by atoms with Gasteiger partial charge in [-0.2, -0.15) is 0 Å². The Bertz CT molecular complexity index is 1500. The minimum absolute atomic E-state index is 0.00753. The van der Waals surface area contributed by atoms with Gasteiger partial charge in [0.1, 0.15) is 11.8 Å². The molecule has 7 nitrogen and oxygen atoms in total. The van der Waals surface area contributed by atoms with Crippen molar-refractivity contribution < 1.29 is 32.6 Å². The molecule has 4 aromatic rings. The number of hydrogen-bond donors (Lipinski definition) is 2. The second-order valence-electron chi connectivity index (χ2n) is 10.5. The van der Waals surface area contributed by atoms with Crippen LogP contribution in [0.2, 0.25) is 0 Å². The number of nitrogens with zero attached hydrogens (tertiary/aromatic N) is 2. The molecule has 0 aliphatic rings. The Kier molecular flexibility index (Phi) is 8.41. The van der Waals surface area contributed by atoms with Gasteiger partial charge in [-0.3, -0.25) is 4.79 Å². The third-order valence-electron chi connectivity index (χ3n) is 6.34. The van der Waals surface area contributed by atoms with Crippen molar-refractivity contribution in [2.45, 2.75) is 45.0 Å². The van der Waals surface area contributed by atoms with Gasteiger partial charge in [-0.15, -0.1) is 13.2 Å². The van der Waals surface area contributed by atoms with Gasteiger partial charge in [0.2, 0.25) is 0 Å². The second kappa shape index (κ2) is 11.8. The van der Waals surface area contributed by atoms with Crippen LogP contribution in [0, 0.1) is 0 Å². The quantitative estimate of drug-likeness (QED) is 0.256. The van der Waals surface area contributed by atoms with E-state index in [2.05, 4.69) is 52.9 Å². The van der Waals surface area contributed by atoms with Crippen molar-refractivity contribution in [1.29, 1.82) is 0 Å². The minimum atomic E-state index is -4.86. The molecule has 0 radical (unpaired) electrons. The molecule has 0 fully saturated rings. The van der Waals surface area contributed by atoms with Crippen molar-refractivity contribution in [3.8, 4) is 28.3 Å². The van der Waals surface area contributed by atoms with Gasteiger partial charge < -0.3 is 15.2 Å². The van der Waals surface area contributed by atoms with Crippen LogP contribution in [0.4, 0.5) is 13.2 Å². The molecule has 41 heavy (non-hydrogen) atoms. The van der Waals surface area contributed by atoms with Gasteiger partial charge in [-0.05, 0) is 46.4 Å². The van der Waals surface area contributed by atoms with Gasteiger partial charge in [-0.25, -0.2) is 14.8 Å². The van der Waals surface area contributed by atoms with Crippen LogP contribution >= 0.6 is 0 Å². The number of benzene rings is 3. The first-order valence-corrected chi connectivity index (χ1v) is 12.7. The molecule has 0 bridgehead atoms. The summed E-state index contributed by atoms with van der Waals surface area (Å²) in [6.07, 6.45) is -1.37. The minimum Gasteiger partial charge on any atom is -0.480 e. The molecule has 0 saturated heterocycles. The lowest BCUT2D eigenvalue weighted by atomic mass is 9.86. The number of carbonyl (C=O) groups excluding carboxylic acids is 1. The largest absolute Gasteiger partial charge is 0.573 e. The molecule has 1 amide bonds. The lowest BCUT2D eigenvalue weighted by Crippen LogP contribution is -2.42. The maximum absolute atomic E-state index is 12.5. The van der Waals surface area contributed by atoms with E-state index in [0.717, 1.165) is 41.0 Å². The fourth-order valence-electron chi connectivity index (χ4n) is 4.06. The molecule has 1 heterocycles. The van der Waals surface area contributed by atoms with E-state index >= 15 is 0 Å². The smallest absolute Gasteiger partial charge is 0.480 e. The lowest BCUT2D eigenvalue weighted by Gasteiger charge is -2.19. The summed E-state index contributed by atoms with van der Waals surface area (Å²) in [6.45, 7) is 6.48. The molecule has 1 atom stereocenters. The van der Waals surface area contributed by atoms with Crippen LogP contribution in [0.5, 0.6) is 5.75 Å². The number of alkyl halides is 3. The Morgan fingerprint density at radius 1 is 0.829 bits per heavy atom. The first kappa shape index (κ1) is 29.3. The number of carboxylic acids is 1.